The number of anilines is 2. The molecule has 4 rings (SSSR count). The molecule has 0 saturated carbocycles. The first-order chi connectivity index (χ1) is 14.6. The second kappa shape index (κ2) is 8.73. The molecule has 2 aromatic carbocycles. The van der Waals surface area contributed by atoms with E-state index in [-0.39, 0.29) is 28.9 Å². The Balaban J connectivity index is 1.54. The topological polar surface area (TPSA) is 78.8 Å². The molecule has 2 heterocycles. The zero-order valence-corrected chi connectivity index (χ0v) is 20.3. The molecule has 2 aliphatic rings. The molecule has 1 N–H and O–H groups in total. The van der Waals surface area contributed by atoms with E-state index in [0.717, 1.165) is 17.3 Å². The summed E-state index contributed by atoms with van der Waals surface area (Å²) < 4.78 is 39.5. The van der Waals surface area contributed by atoms with Gasteiger partial charge in [-0.3, -0.25) is 9.79 Å². The number of hydrogen-bond donors (Lipinski definition) is 1. The van der Waals surface area contributed by atoms with Gasteiger partial charge in [-0.25, -0.2) is 12.8 Å². The van der Waals surface area contributed by atoms with Crippen LogP contribution in [0.4, 0.5) is 15.8 Å². The summed E-state index contributed by atoms with van der Waals surface area (Å²) >= 11 is 10.5. The van der Waals surface area contributed by atoms with Crippen LogP contribution in [0.1, 0.15) is 5.56 Å². The van der Waals surface area contributed by atoms with Crippen molar-refractivity contribution in [3.05, 3.63) is 57.3 Å². The Hall–Kier alpha value is -1.62. The normalized spacial score (nSPS) is 21.7. The van der Waals surface area contributed by atoms with Crippen molar-refractivity contribution in [1.82, 2.24) is 0 Å². The molecule has 6 nitrogen and oxygen atoms in total. The summed E-state index contributed by atoms with van der Waals surface area (Å²) in [5, 5.41) is 3.80. The molecule has 0 spiro atoms. The number of rotatable bonds is 4. The molecule has 0 aromatic heterocycles. The fraction of sp³-hybridized carbons (Fsp3) is 0.300. The van der Waals surface area contributed by atoms with E-state index in [1.54, 1.807) is 35.2 Å². The van der Waals surface area contributed by atoms with Gasteiger partial charge in [0.15, 0.2) is 15.0 Å². The number of thioether (sulfide) groups is 1. The van der Waals surface area contributed by atoms with Crippen LogP contribution in [0, 0.1) is 12.7 Å². The minimum absolute atomic E-state index is 0.0334. The van der Waals surface area contributed by atoms with Gasteiger partial charge < -0.3 is 10.2 Å². The Morgan fingerprint density at radius 2 is 2.13 bits per heavy atom. The average molecular weight is 547 g/mol. The fourth-order valence-corrected chi connectivity index (χ4v) is 6.92. The third-order valence-corrected chi connectivity index (χ3v) is 8.72. The van der Waals surface area contributed by atoms with Crippen LogP contribution < -0.4 is 10.2 Å². The van der Waals surface area contributed by atoms with E-state index >= 15 is 0 Å². The quantitative estimate of drug-likeness (QED) is 0.620. The summed E-state index contributed by atoms with van der Waals surface area (Å²) in [6.45, 7) is 1.81. The maximum absolute atomic E-state index is 14.7. The van der Waals surface area contributed by atoms with E-state index in [0.29, 0.717) is 20.4 Å². The molecule has 11 heteroatoms. The highest BCUT2D eigenvalue weighted by Crippen LogP contribution is 2.37. The predicted octanol–water partition coefficient (Wildman–Crippen LogP) is 4.26. The second-order valence-corrected chi connectivity index (χ2v) is 11.8. The van der Waals surface area contributed by atoms with Gasteiger partial charge >= 0.3 is 0 Å². The lowest BCUT2D eigenvalue weighted by molar-refractivity contribution is -0.113. The van der Waals surface area contributed by atoms with Crippen molar-refractivity contribution < 1.29 is 17.6 Å². The molecule has 0 radical (unpaired) electrons. The first-order valence-electron chi connectivity index (χ1n) is 9.35. The van der Waals surface area contributed by atoms with E-state index in [1.807, 2.05) is 6.92 Å². The average Bonchev–Trinajstić information content (AvgIpc) is 3.15. The van der Waals surface area contributed by atoms with E-state index < -0.39 is 27.7 Å². The van der Waals surface area contributed by atoms with Crippen LogP contribution in [0.2, 0.25) is 5.02 Å². The monoisotopic (exact) mass is 545 g/mol. The van der Waals surface area contributed by atoms with Gasteiger partial charge in [-0.05, 0) is 42.8 Å². The molecular weight excluding hydrogens is 529 g/mol. The predicted molar refractivity (Wildman–Crippen MR) is 128 cm³/mol. The first-order valence-corrected chi connectivity index (χ1v) is 13.3. The number of benzene rings is 2. The van der Waals surface area contributed by atoms with Crippen LogP contribution in [0.5, 0.6) is 0 Å². The molecule has 0 unspecified atom stereocenters. The summed E-state index contributed by atoms with van der Waals surface area (Å²) in [6.07, 6.45) is 0. The number of amidine groups is 1. The van der Waals surface area contributed by atoms with Gasteiger partial charge in [-0.15, -0.1) is 0 Å². The Morgan fingerprint density at radius 1 is 1.35 bits per heavy atom. The highest BCUT2D eigenvalue weighted by atomic mass is 79.9. The van der Waals surface area contributed by atoms with Crippen LogP contribution in [-0.2, 0) is 14.6 Å². The SMILES string of the molecule is Cc1c(Cl)cccc1NC(=O)CSC1=N[C@@H]2CS(=O)(=O)C[C@H]2N1c1ccc(Br)cc1F. The number of sulfone groups is 1. The van der Waals surface area contributed by atoms with E-state index in [9.17, 15) is 17.6 Å². The standard InChI is InChI=1S/C20H18BrClFN3O3S2/c1-11-13(22)3-2-4-15(11)24-19(27)8-30-20-25-16-9-31(28,29)10-18(16)26(20)17-6-5-12(21)7-14(17)23/h2-7,16,18H,8-10H2,1H3,(H,24,27)/t16-,18-/m1/s1. The number of halogens is 3. The Labute approximate surface area is 197 Å². The smallest absolute Gasteiger partial charge is 0.234 e. The highest BCUT2D eigenvalue weighted by molar-refractivity contribution is 9.10. The number of aliphatic imine (C=N–C) groups is 1. The van der Waals surface area contributed by atoms with Gasteiger partial charge in [0.2, 0.25) is 5.91 Å². The molecule has 2 aromatic rings. The van der Waals surface area contributed by atoms with Crippen molar-refractivity contribution >= 4 is 71.6 Å². The summed E-state index contributed by atoms with van der Waals surface area (Å²) in [7, 11) is -3.25. The molecule has 2 atom stereocenters. The van der Waals surface area contributed by atoms with E-state index in [2.05, 4.69) is 26.2 Å². The van der Waals surface area contributed by atoms with Crippen molar-refractivity contribution in [1.29, 1.82) is 0 Å². The number of amides is 1. The van der Waals surface area contributed by atoms with Crippen LogP contribution in [0.25, 0.3) is 0 Å². The van der Waals surface area contributed by atoms with Crippen LogP contribution >= 0.6 is 39.3 Å². The van der Waals surface area contributed by atoms with Gasteiger partial charge in [-0.1, -0.05) is 45.4 Å². The molecular formula is C20H18BrClFN3O3S2. The number of fused-ring (bicyclic) bond motifs is 1. The summed E-state index contributed by atoms with van der Waals surface area (Å²) in [4.78, 5) is 18.6. The molecule has 0 aliphatic carbocycles. The summed E-state index contributed by atoms with van der Waals surface area (Å²) in [6, 6.07) is 8.88. The van der Waals surface area contributed by atoms with E-state index in [1.165, 1.54) is 6.07 Å². The Bertz CT molecular complexity index is 1190. The number of carbonyl (C=O) groups excluding carboxylic acids is 1. The molecule has 1 saturated heterocycles. The lowest BCUT2D eigenvalue weighted by Crippen LogP contribution is -2.40. The van der Waals surface area contributed by atoms with Crippen molar-refractivity contribution in [3.63, 3.8) is 0 Å². The second-order valence-electron chi connectivity index (χ2n) is 7.34. The zero-order valence-electron chi connectivity index (χ0n) is 16.3. The van der Waals surface area contributed by atoms with Crippen LogP contribution in [0.3, 0.4) is 0 Å². The number of nitrogens with zero attached hydrogens (tertiary/aromatic N) is 2. The molecule has 1 fully saturated rings. The van der Waals surface area contributed by atoms with Crippen LogP contribution in [0.15, 0.2) is 45.9 Å². The Kier molecular flexibility index (Phi) is 6.35. The van der Waals surface area contributed by atoms with Gasteiger partial charge in [0.05, 0.1) is 35.0 Å². The first kappa shape index (κ1) is 22.6. The molecule has 0 bridgehead atoms. The van der Waals surface area contributed by atoms with Crippen molar-refractivity contribution in [3.8, 4) is 0 Å². The van der Waals surface area contributed by atoms with Gasteiger partial charge in [0, 0.05) is 15.2 Å². The molecule has 1 amide bonds. The lowest BCUT2D eigenvalue weighted by Gasteiger charge is -2.26. The number of carbonyl (C=O) groups is 1. The summed E-state index contributed by atoms with van der Waals surface area (Å²) in [5.41, 5.74) is 1.62. The molecule has 2 aliphatic heterocycles. The fourth-order valence-electron chi connectivity index (χ4n) is 3.65. The van der Waals surface area contributed by atoms with E-state index in [4.69, 9.17) is 11.6 Å². The summed E-state index contributed by atoms with van der Waals surface area (Å²) in [5.74, 6) is -0.907. The van der Waals surface area contributed by atoms with Crippen LogP contribution in [-0.4, -0.2) is 48.8 Å². The zero-order chi connectivity index (χ0) is 22.3. The minimum atomic E-state index is -3.25. The number of nitrogens with one attached hydrogen (secondary N) is 1. The van der Waals surface area contributed by atoms with Crippen molar-refractivity contribution in [2.24, 2.45) is 4.99 Å². The van der Waals surface area contributed by atoms with Crippen molar-refractivity contribution in [2.45, 2.75) is 19.0 Å². The number of hydrogen-bond acceptors (Lipinski definition) is 6. The van der Waals surface area contributed by atoms with Crippen molar-refractivity contribution in [2.75, 3.05) is 27.5 Å². The highest BCUT2D eigenvalue weighted by Gasteiger charge is 2.47. The lowest BCUT2D eigenvalue weighted by atomic mass is 10.1. The molecule has 164 valence electrons. The maximum Gasteiger partial charge on any atom is 0.234 e. The van der Waals surface area contributed by atoms with Gasteiger partial charge in [-0.2, -0.15) is 0 Å². The largest absolute Gasteiger partial charge is 0.325 e. The third kappa shape index (κ3) is 4.76. The molecule has 31 heavy (non-hydrogen) atoms. The van der Waals surface area contributed by atoms with Gasteiger partial charge in [0.1, 0.15) is 5.82 Å². The van der Waals surface area contributed by atoms with Gasteiger partial charge in [0.25, 0.3) is 0 Å². The Morgan fingerprint density at radius 3 is 2.87 bits per heavy atom. The third-order valence-electron chi connectivity index (χ3n) is 5.15. The minimum Gasteiger partial charge on any atom is -0.325 e. The maximum atomic E-state index is 14.7.